The Hall–Kier alpha value is -1.42. The molecule has 0 saturated carbocycles. The fourth-order valence-corrected chi connectivity index (χ4v) is 2.04. The first kappa shape index (κ1) is 9.15. The number of hydrogen-bond acceptors (Lipinski definition) is 4. The van der Waals surface area contributed by atoms with Crippen molar-refractivity contribution in [2.45, 2.75) is 13.8 Å². The van der Waals surface area contributed by atoms with Crippen LogP contribution in [0.4, 0.5) is 5.00 Å². The molecular formula is C10H11N3S. The van der Waals surface area contributed by atoms with Crippen LogP contribution in [0.25, 0.3) is 10.6 Å². The summed E-state index contributed by atoms with van der Waals surface area (Å²) in [7, 11) is 0. The van der Waals surface area contributed by atoms with E-state index < -0.39 is 0 Å². The van der Waals surface area contributed by atoms with Crippen LogP contribution in [0.5, 0.6) is 0 Å². The summed E-state index contributed by atoms with van der Waals surface area (Å²) in [6.07, 6.45) is 1.79. The van der Waals surface area contributed by atoms with Gasteiger partial charge in [-0.2, -0.15) is 0 Å². The van der Waals surface area contributed by atoms with E-state index in [1.165, 1.54) is 11.3 Å². The summed E-state index contributed by atoms with van der Waals surface area (Å²) >= 11 is 1.52. The van der Waals surface area contributed by atoms with Crippen molar-refractivity contribution in [2.24, 2.45) is 0 Å². The van der Waals surface area contributed by atoms with Crippen LogP contribution in [0, 0.1) is 13.8 Å². The minimum atomic E-state index is 0.787. The zero-order chi connectivity index (χ0) is 10.1. The highest BCUT2D eigenvalue weighted by Gasteiger charge is 2.06. The van der Waals surface area contributed by atoms with Gasteiger partial charge in [-0.1, -0.05) is 11.3 Å². The van der Waals surface area contributed by atoms with Gasteiger partial charge in [0.25, 0.3) is 0 Å². The quantitative estimate of drug-likeness (QED) is 0.777. The molecule has 2 rings (SSSR count). The molecule has 0 saturated heterocycles. The SMILES string of the molecule is Cc1cc(-c2nc(C)c(N)s2)ccn1. The van der Waals surface area contributed by atoms with Gasteiger partial charge in [0.05, 0.1) is 5.69 Å². The monoisotopic (exact) mass is 205 g/mol. The normalized spacial score (nSPS) is 10.4. The lowest BCUT2D eigenvalue weighted by molar-refractivity contribution is 1.19. The third kappa shape index (κ3) is 1.61. The summed E-state index contributed by atoms with van der Waals surface area (Å²) in [5.74, 6) is 0. The second-order valence-electron chi connectivity index (χ2n) is 3.15. The Balaban J connectivity index is 2.49. The average molecular weight is 205 g/mol. The number of nitrogen functional groups attached to an aromatic ring is 1. The van der Waals surface area contributed by atoms with E-state index in [-0.39, 0.29) is 0 Å². The summed E-state index contributed by atoms with van der Waals surface area (Å²) in [5.41, 5.74) is 8.74. The minimum absolute atomic E-state index is 0.787. The van der Waals surface area contributed by atoms with Gasteiger partial charge in [0.2, 0.25) is 0 Å². The molecule has 2 heterocycles. The van der Waals surface area contributed by atoms with E-state index in [1.807, 2.05) is 26.0 Å². The molecule has 0 fully saturated rings. The molecule has 0 amide bonds. The number of rotatable bonds is 1. The van der Waals surface area contributed by atoms with Gasteiger partial charge in [-0.25, -0.2) is 4.98 Å². The molecule has 0 aliphatic carbocycles. The molecule has 0 aliphatic rings. The lowest BCUT2D eigenvalue weighted by atomic mass is 10.2. The summed E-state index contributed by atoms with van der Waals surface area (Å²) in [4.78, 5) is 8.53. The van der Waals surface area contributed by atoms with E-state index in [1.54, 1.807) is 6.20 Å². The molecule has 2 aromatic heterocycles. The number of aryl methyl sites for hydroxylation is 2. The largest absolute Gasteiger partial charge is 0.389 e. The van der Waals surface area contributed by atoms with Crippen molar-refractivity contribution in [3.63, 3.8) is 0 Å². The fourth-order valence-electron chi connectivity index (χ4n) is 1.21. The zero-order valence-electron chi connectivity index (χ0n) is 8.11. The van der Waals surface area contributed by atoms with Gasteiger partial charge in [0.15, 0.2) is 0 Å². The molecule has 2 N–H and O–H groups in total. The lowest BCUT2D eigenvalue weighted by Gasteiger charge is -1.95. The molecule has 72 valence electrons. The van der Waals surface area contributed by atoms with Crippen molar-refractivity contribution in [1.82, 2.24) is 9.97 Å². The van der Waals surface area contributed by atoms with Gasteiger partial charge in [-0.3, -0.25) is 4.98 Å². The van der Waals surface area contributed by atoms with E-state index in [2.05, 4.69) is 9.97 Å². The van der Waals surface area contributed by atoms with E-state index in [4.69, 9.17) is 5.73 Å². The molecule has 0 atom stereocenters. The number of nitrogens with two attached hydrogens (primary N) is 1. The Kier molecular flexibility index (Phi) is 2.21. The van der Waals surface area contributed by atoms with Crippen molar-refractivity contribution in [2.75, 3.05) is 5.73 Å². The molecule has 3 nitrogen and oxygen atoms in total. The van der Waals surface area contributed by atoms with Crippen LogP contribution in [0.1, 0.15) is 11.4 Å². The molecule has 2 aromatic rings. The number of thiazole rings is 1. The molecule has 0 bridgehead atoms. The molecule has 0 unspecified atom stereocenters. The van der Waals surface area contributed by atoms with Gasteiger partial charge in [-0.05, 0) is 26.0 Å². The number of anilines is 1. The third-order valence-electron chi connectivity index (χ3n) is 1.98. The summed E-state index contributed by atoms with van der Waals surface area (Å²) in [5, 5.41) is 1.75. The van der Waals surface area contributed by atoms with Gasteiger partial charge in [0, 0.05) is 17.5 Å². The summed E-state index contributed by atoms with van der Waals surface area (Å²) in [6.45, 7) is 3.89. The number of nitrogens with zero attached hydrogens (tertiary/aromatic N) is 2. The summed E-state index contributed by atoms with van der Waals surface area (Å²) in [6, 6.07) is 3.96. The van der Waals surface area contributed by atoms with Crippen molar-refractivity contribution in [3.8, 4) is 10.6 Å². The predicted molar refractivity (Wildman–Crippen MR) is 59.2 cm³/mol. The van der Waals surface area contributed by atoms with Gasteiger partial charge >= 0.3 is 0 Å². The fraction of sp³-hybridized carbons (Fsp3) is 0.200. The zero-order valence-corrected chi connectivity index (χ0v) is 8.93. The highest BCUT2D eigenvalue weighted by atomic mass is 32.1. The smallest absolute Gasteiger partial charge is 0.125 e. The molecule has 14 heavy (non-hydrogen) atoms. The van der Waals surface area contributed by atoms with Gasteiger partial charge < -0.3 is 5.73 Å². The maximum absolute atomic E-state index is 5.76. The predicted octanol–water partition coefficient (Wildman–Crippen LogP) is 2.40. The Bertz CT molecular complexity index is 443. The van der Waals surface area contributed by atoms with Crippen LogP contribution in [-0.4, -0.2) is 9.97 Å². The van der Waals surface area contributed by atoms with Crippen LogP contribution in [0.15, 0.2) is 18.3 Å². The van der Waals surface area contributed by atoms with Crippen molar-refractivity contribution < 1.29 is 0 Å². The van der Waals surface area contributed by atoms with Crippen LogP contribution >= 0.6 is 11.3 Å². The van der Waals surface area contributed by atoms with E-state index in [9.17, 15) is 0 Å². The Labute approximate surface area is 86.6 Å². The first-order chi connectivity index (χ1) is 6.66. The number of aromatic nitrogens is 2. The highest BCUT2D eigenvalue weighted by Crippen LogP contribution is 2.29. The number of pyridine rings is 1. The molecule has 0 spiro atoms. The van der Waals surface area contributed by atoms with E-state index in [0.29, 0.717) is 0 Å². The Morgan fingerprint density at radius 1 is 1.36 bits per heavy atom. The highest BCUT2D eigenvalue weighted by molar-refractivity contribution is 7.18. The molecule has 4 heteroatoms. The molecule has 0 aromatic carbocycles. The maximum atomic E-state index is 5.76. The molecular weight excluding hydrogens is 194 g/mol. The second-order valence-corrected chi connectivity index (χ2v) is 4.19. The van der Waals surface area contributed by atoms with Crippen molar-refractivity contribution >= 4 is 16.3 Å². The summed E-state index contributed by atoms with van der Waals surface area (Å²) < 4.78 is 0. The van der Waals surface area contributed by atoms with Crippen LogP contribution in [0.3, 0.4) is 0 Å². The van der Waals surface area contributed by atoms with Crippen molar-refractivity contribution in [1.29, 1.82) is 0 Å². The van der Waals surface area contributed by atoms with E-state index in [0.717, 1.165) is 27.0 Å². The first-order valence-electron chi connectivity index (χ1n) is 4.33. The molecule has 0 aliphatic heterocycles. The van der Waals surface area contributed by atoms with Gasteiger partial charge in [-0.15, -0.1) is 0 Å². The van der Waals surface area contributed by atoms with Gasteiger partial charge in [0.1, 0.15) is 10.0 Å². The lowest BCUT2D eigenvalue weighted by Crippen LogP contribution is -1.83. The van der Waals surface area contributed by atoms with Crippen LogP contribution in [0.2, 0.25) is 0 Å². The topological polar surface area (TPSA) is 51.8 Å². The van der Waals surface area contributed by atoms with Crippen LogP contribution < -0.4 is 5.73 Å². The second kappa shape index (κ2) is 3.38. The van der Waals surface area contributed by atoms with Crippen LogP contribution in [-0.2, 0) is 0 Å². The third-order valence-corrected chi connectivity index (χ3v) is 3.01. The standard InChI is InChI=1S/C10H11N3S/c1-6-5-8(3-4-12-6)10-13-7(2)9(11)14-10/h3-5H,11H2,1-2H3. The van der Waals surface area contributed by atoms with Crippen molar-refractivity contribution in [3.05, 3.63) is 29.7 Å². The van der Waals surface area contributed by atoms with E-state index >= 15 is 0 Å². The minimum Gasteiger partial charge on any atom is -0.389 e. The Morgan fingerprint density at radius 2 is 2.14 bits per heavy atom. The molecule has 0 radical (unpaired) electrons. The number of hydrogen-bond donors (Lipinski definition) is 1. The Morgan fingerprint density at radius 3 is 2.71 bits per heavy atom. The maximum Gasteiger partial charge on any atom is 0.125 e. The average Bonchev–Trinajstić information content (AvgIpc) is 2.47. The first-order valence-corrected chi connectivity index (χ1v) is 5.14.